The summed E-state index contributed by atoms with van der Waals surface area (Å²) < 4.78 is 85.6. The minimum Gasteiger partial charge on any atom is -0.466 e. The van der Waals surface area contributed by atoms with Gasteiger partial charge in [0, 0.05) is 142 Å². The predicted molar refractivity (Wildman–Crippen MR) is 551 cm³/mol. The van der Waals surface area contributed by atoms with Crippen molar-refractivity contribution in [1.29, 1.82) is 0 Å². The van der Waals surface area contributed by atoms with Gasteiger partial charge in [-0.2, -0.15) is 0 Å². The van der Waals surface area contributed by atoms with E-state index < -0.39 is 95.5 Å². The van der Waals surface area contributed by atoms with E-state index >= 15 is 0 Å². The fourth-order valence-corrected chi connectivity index (χ4v) is 13.6. The van der Waals surface area contributed by atoms with Crippen molar-refractivity contribution in [2.24, 2.45) is 11.5 Å². The van der Waals surface area contributed by atoms with Gasteiger partial charge in [-0.15, -0.1) is 0 Å². The van der Waals surface area contributed by atoms with Gasteiger partial charge in [0.05, 0.1) is 183 Å². The molecular weight excluding hydrogens is 1950 g/mol. The van der Waals surface area contributed by atoms with E-state index in [1.165, 1.54) is 0 Å². The molecule has 44 nitrogen and oxygen atoms in total. The van der Waals surface area contributed by atoms with Crippen LogP contribution in [0.4, 0.5) is 0 Å². The number of ether oxygens (including phenoxy) is 16. The molecule has 0 aromatic heterocycles. The molecule has 0 unspecified atom stereocenters. The van der Waals surface area contributed by atoms with Crippen molar-refractivity contribution in [2.75, 3.05) is 263 Å². The number of aliphatic hydroxyl groups is 4. The zero-order valence-electron chi connectivity index (χ0n) is 89.1. The van der Waals surface area contributed by atoms with Gasteiger partial charge in [-0.05, 0) is 225 Å². The summed E-state index contributed by atoms with van der Waals surface area (Å²) in [5.74, 6) is -7.89. The Morgan fingerprint density at radius 1 is 0.161 bits per heavy atom. The fraction of sp³-hybridized carbons (Fsp3) is 0.771. The van der Waals surface area contributed by atoms with E-state index in [1.807, 2.05) is 29.4 Å². The van der Waals surface area contributed by atoms with Crippen LogP contribution in [0.3, 0.4) is 0 Å². The molecule has 0 heterocycles. The lowest BCUT2D eigenvalue weighted by molar-refractivity contribution is -0.147. The number of nitrogens with two attached hydrogens (primary N) is 2. The van der Waals surface area contributed by atoms with Gasteiger partial charge in [-0.1, -0.05) is 26.3 Å². The summed E-state index contributed by atoms with van der Waals surface area (Å²) in [7, 11) is 0. The van der Waals surface area contributed by atoms with Crippen LogP contribution in [-0.2, 0) is 153 Å². The zero-order valence-corrected chi connectivity index (χ0v) is 89.1. The third-order valence-electron chi connectivity index (χ3n) is 22.4. The highest BCUT2D eigenvalue weighted by Crippen LogP contribution is 2.14. The number of hydrogen-bond acceptors (Lipinski definition) is 44. The Kier molecular flexibility index (Phi) is 99.5. The van der Waals surface area contributed by atoms with Gasteiger partial charge < -0.3 is 137 Å². The molecule has 8 N–H and O–H groups in total. The SMILES string of the molecule is C=CC(=O)OCCCCOC(=O)CCN(CCCCCO)CCC(=O)OCCCCOC(=O)CCN(CCC(=O)OCCCCOC(=O)CCN(CCCCCO)CCC(=O)OCCCCOC(=O)C=C)CCN(CCC(=O)OCCCCOC(=O)CCN(CCCCCO)CCC(=O)OCCCCOC(=O)C=C)CCC(=O)OCCCCOC(=O)CCN(CCCCCO)CCC(=O)OCCCCOC(=O)C=C.NCCCN. The van der Waals surface area contributed by atoms with Crippen molar-refractivity contribution in [2.45, 2.75) is 263 Å². The Balaban J connectivity index is 0. The van der Waals surface area contributed by atoms with E-state index in [4.69, 9.17) is 87.3 Å². The van der Waals surface area contributed by atoms with Crippen molar-refractivity contribution in [3.05, 3.63) is 50.6 Å². The van der Waals surface area contributed by atoms with Crippen molar-refractivity contribution in [3.63, 3.8) is 0 Å². The zero-order chi connectivity index (χ0) is 110. The predicted octanol–water partition coefficient (Wildman–Crippen LogP) is 7.10. The lowest BCUT2D eigenvalue weighted by atomic mass is 10.2. The number of nitrogens with zero attached hydrogens (tertiary/aromatic N) is 6. The Hall–Kier alpha value is -10.00. The summed E-state index contributed by atoms with van der Waals surface area (Å²) in [6, 6.07) is 0. The highest BCUT2D eigenvalue weighted by atomic mass is 16.6. The summed E-state index contributed by atoms with van der Waals surface area (Å²) in [4.78, 5) is 213. The molecule has 0 spiro atoms. The van der Waals surface area contributed by atoms with E-state index in [0.717, 1.165) is 95.2 Å². The minimum absolute atomic E-state index is 0.00187. The van der Waals surface area contributed by atoms with E-state index in [2.05, 4.69) is 26.3 Å². The first-order valence-corrected chi connectivity index (χ1v) is 53.5. The number of carbonyl (C=O) groups is 16. The number of rotatable bonds is 105. The van der Waals surface area contributed by atoms with Gasteiger partial charge in [-0.3, -0.25) is 57.5 Å². The molecule has 44 heteroatoms. The van der Waals surface area contributed by atoms with Gasteiger partial charge in [0.15, 0.2) is 0 Å². The molecule has 0 aliphatic carbocycles. The van der Waals surface area contributed by atoms with Crippen LogP contribution in [0.5, 0.6) is 0 Å². The smallest absolute Gasteiger partial charge is 0.330 e. The second kappa shape index (κ2) is 105. The summed E-state index contributed by atoms with van der Waals surface area (Å²) in [5, 5.41) is 37.2. The topological polar surface area (TPSA) is 573 Å². The third-order valence-corrected chi connectivity index (χ3v) is 22.4. The van der Waals surface area contributed by atoms with Gasteiger partial charge in [0.25, 0.3) is 0 Å². The Bertz CT molecular complexity index is 3130. The van der Waals surface area contributed by atoms with Crippen LogP contribution in [0, 0.1) is 0 Å². The first-order valence-electron chi connectivity index (χ1n) is 53.5. The summed E-state index contributed by atoms with van der Waals surface area (Å²) >= 11 is 0. The van der Waals surface area contributed by atoms with Crippen LogP contribution in [0.1, 0.15) is 263 Å². The van der Waals surface area contributed by atoms with Gasteiger partial charge in [0.1, 0.15) is 0 Å². The molecule has 0 rings (SSSR count). The molecule has 149 heavy (non-hydrogen) atoms. The standard InChI is InChI=1S/C102H172N6O36.C3H10N2/c1-5-87(113)129-71-21-25-75-133-91(117)37-53-103(49-13-9-17-67-109)57-41-95(121)137-79-29-33-83-141-99(125)45-61-107(62-46-100(126)142-84-34-30-80-138-96(122)42-58-104(50-14-10-18-68-110)54-38-92(118)134-76-26-22-72-130-88(114)6-2)65-66-108(63-47-101(127)143-85-35-31-81-139-97(123)43-59-105(51-15-11-19-69-111)55-39-93(119)135-77-27-23-73-131-89(115)7-3)64-48-102(128)144-86-36-32-82-140-98(124)44-60-106(52-16-12-20-70-112)56-40-94(120)136-78-28-24-74-132-90(116)8-4;4-2-1-3-5/h5-8,109-112H,1-4,9-86H2;1-5H2. The maximum Gasteiger partial charge on any atom is 0.330 e. The molecule has 858 valence electrons. The van der Waals surface area contributed by atoms with Gasteiger partial charge in [0.2, 0.25) is 0 Å². The van der Waals surface area contributed by atoms with Crippen molar-refractivity contribution < 1.29 is 173 Å². The molecule has 0 aromatic carbocycles. The minimum atomic E-state index is -0.559. The molecular formula is C105H182N8O36. The Labute approximate surface area is 882 Å². The van der Waals surface area contributed by atoms with Gasteiger partial charge >= 0.3 is 95.5 Å². The average Bonchev–Trinajstić information content (AvgIpc) is 0.926. The molecule has 0 amide bonds. The number of carbonyl (C=O) groups excluding carboxylic acids is 16. The van der Waals surface area contributed by atoms with Crippen molar-refractivity contribution in [3.8, 4) is 0 Å². The number of unbranched alkanes of at least 4 members (excludes halogenated alkanes) is 16. The van der Waals surface area contributed by atoms with Crippen molar-refractivity contribution >= 4 is 95.5 Å². The lowest BCUT2D eigenvalue weighted by Gasteiger charge is -2.27. The summed E-state index contributed by atoms with van der Waals surface area (Å²) in [6.45, 7) is 22.1. The Morgan fingerprint density at radius 3 is 0.389 bits per heavy atom. The van der Waals surface area contributed by atoms with Crippen molar-refractivity contribution in [1.82, 2.24) is 29.4 Å². The monoisotopic (exact) mass is 2130 g/mol. The van der Waals surface area contributed by atoms with E-state index in [1.54, 1.807) is 0 Å². The van der Waals surface area contributed by atoms with Crippen LogP contribution in [0.15, 0.2) is 50.6 Å². The van der Waals surface area contributed by atoms with Crippen LogP contribution >= 0.6 is 0 Å². The summed E-state index contributed by atoms with van der Waals surface area (Å²) in [5.41, 5.74) is 10.1. The molecule has 0 bridgehead atoms. The first-order chi connectivity index (χ1) is 72.2. The van der Waals surface area contributed by atoms with Gasteiger partial charge in [-0.25, -0.2) is 19.2 Å². The van der Waals surface area contributed by atoms with Crippen LogP contribution in [0.25, 0.3) is 0 Å². The Morgan fingerprint density at radius 2 is 0.282 bits per heavy atom. The molecule has 0 fully saturated rings. The molecule has 0 atom stereocenters. The van der Waals surface area contributed by atoms with E-state index in [-0.39, 0.29) is 248 Å². The van der Waals surface area contributed by atoms with Crippen LogP contribution < -0.4 is 11.5 Å². The third kappa shape index (κ3) is 98.5. The lowest BCUT2D eigenvalue weighted by Crippen LogP contribution is -2.39. The maximum atomic E-state index is 13.5. The van der Waals surface area contributed by atoms with Crippen LogP contribution in [-0.4, -0.2) is 408 Å². The molecule has 0 saturated heterocycles. The van der Waals surface area contributed by atoms with E-state index in [0.29, 0.717) is 207 Å². The highest BCUT2D eigenvalue weighted by molar-refractivity contribution is 5.82. The largest absolute Gasteiger partial charge is 0.466 e. The molecule has 0 aliphatic heterocycles. The fourth-order valence-electron chi connectivity index (χ4n) is 13.6. The second-order valence-electron chi connectivity index (χ2n) is 34.9. The normalized spacial score (nSPS) is 11.0. The quantitative estimate of drug-likeness (QED) is 0.0153. The first kappa shape index (κ1) is 141. The average molecular weight is 2130 g/mol. The second-order valence-corrected chi connectivity index (χ2v) is 34.9. The number of esters is 16. The molecule has 0 aliphatic rings. The number of aliphatic hydroxyl groups excluding tert-OH is 4. The van der Waals surface area contributed by atoms with E-state index in [9.17, 15) is 97.1 Å². The maximum absolute atomic E-state index is 13.5. The van der Waals surface area contributed by atoms with Crippen LogP contribution in [0.2, 0.25) is 0 Å². The highest BCUT2D eigenvalue weighted by Gasteiger charge is 2.23. The summed E-state index contributed by atoms with van der Waals surface area (Å²) in [6.07, 6.45) is 20.4. The molecule has 0 radical (unpaired) electrons. The molecule has 0 saturated carbocycles. The number of hydrogen-bond donors (Lipinski definition) is 6. The molecule has 0 aromatic rings.